The van der Waals surface area contributed by atoms with E-state index >= 15 is 0 Å². The van der Waals surface area contributed by atoms with E-state index in [1.165, 1.54) is 0 Å². The maximum atomic E-state index is 12.4. The summed E-state index contributed by atoms with van der Waals surface area (Å²) in [4.78, 5) is 4.01. The number of rotatable bonds is 3. The van der Waals surface area contributed by atoms with E-state index in [-0.39, 0.29) is 5.03 Å². The Morgan fingerprint density at radius 2 is 2.06 bits per heavy atom. The normalized spacial score (nSPS) is 28.7. The highest BCUT2D eigenvalue weighted by Crippen LogP contribution is 2.30. The minimum atomic E-state index is -3.40. The fraction of sp³-hybridized carbons (Fsp3) is 0.727. The Bertz CT molecular complexity index is 527. The predicted octanol–water partition coefficient (Wildman–Crippen LogP) is -0.257. The van der Waals surface area contributed by atoms with Crippen LogP contribution in [0.3, 0.4) is 0 Å². The summed E-state index contributed by atoms with van der Waals surface area (Å²) in [5.41, 5.74) is 0. The van der Waals surface area contributed by atoms with Gasteiger partial charge in [0, 0.05) is 25.8 Å². The minimum Gasteiger partial charge on any atom is -0.336 e. The molecule has 100 valence electrons. The molecular weight excluding hydrogens is 252 g/mol. The van der Waals surface area contributed by atoms with Crippen molar-refractivity contribution in [2.24, 2.45) is 11.8 Å². The van der Waals surface area contributed by atoms with Gasteiger partial charge in [0.2, 0.25) is 0 Å². The van der Waals surface area contributed by atoms with Crippen LogP contribution in [0.1, 0.15) is 6.92 Å². The van der Waals surface area contributed by atoms with Gasteiger partial charge >= 0.3 is 0 Å². The van der Waals surface area contributed by atoms with E-state index < -0.39 is 10.0 Å². The lowest BCUT2D eigenvalue weighted by atomic mass is 10.0. The number of aromatic nitrogens is 2. The van der Waals surface area contributed by atoms with Gasteiger partial charge in [-0.15, -0.1) is 0 Å². The number of fused-ring (bicyclic) bond motifs is 1. The molecule has 7 heteroatoms. The number of hydrogen-bond acceptors (Lipinski definition) is 4. The van der Waals surface area contributed by atoms with Crippen LogP contribution in [0.25, 0.3) is 0 Å². The van der Waals surface area contributed by atoms with Gasteiger partial charge in [-0.1, -0.05) is 0 Å². The minimum absolute atomic E-state index is 0.178. The molecule has 2 atom stereocenters. The van der Waals surface area contributed by atoms with Crippen LogP contribution in [-0.4, -0.2) is 48.5 Å². The summed E-state index contributed by atoms with van der Waals surface area (Å²) in [6.07, 6.45) is 3.19. The maximum absolute atomic E-state index is 12.4. The standard InChI is InChI=1S/C11H18N4O2S/c1-2-14-7-11(13-8-14)18(16,17)15-5-9-3-12-4-10(9)6-15/h7-10,12H,2-6H2,1H3. The van der Waals surface area contributed by atoms with Crippen molar-refractivity contribution in [1.82, 2.24) is 19.2 Å². The second kappa shape index (κ2) is 4.32. The van der Waals surface area contributed by atoms with Crippen LogP contribution < -0.4 is 5.32 Å². The van der Waals surface area contributed by atoms with Gasteiger partial charge in [-0.2, -0.15) is 4.31 Å². The monoisotopic (exact) mass is 270 g/mol. The Morgan fingerprint density at radius 3 is 2.61 bits per heavy atom. The average molecular weight is 270 g/mol. The molecule has 2 saturated heterocycles. The Kier molecular flexibility index (Phi) is 2.91. The molecule has 1 aromatic rings. The molecule has 0 radical (unpaired) electrons. The van der Waals surface area contributed by atoms with Crippen molar-refractivity contribution in [2.75, 3.05) is 26.2 Å². The van der Waals surface area contributed by atoms with Crippen molar-refractivity contribution in [2.45, 2.75) is 18.5 Å². The third kappa shape index (κ3) is 1.86. The van der Waals surface area contributed by atoms with Gasteiger partial charge in [0.25, 0.3) is 10.0 Å². The van der Waals surface area contributed by atoms with E-state index in [1.807, 2.05) is 6.92 Å². The fourth-order valence-electron chi connectivity index (χ4n) is 2.79. The third-order valence-electron chi connectivity index (χ3n) is 3.93. The molecule has 0 amide bonds. The summed E-state index contributed by atoms with van der Waals surface area (Å²) in [5.74, 6) is 0.932. The SMILES string of the molecule is CCn1cnc(S(=O)(=O)N2CC3CNCC3C2)c1. The molecule has 0 spiro atoms. The number of nitrogens with zero attached hydrogens (tertiary/aromatic N) is 3. The Morgan fingerprint density at radius 1 is 1.39 bits per heavy atom. The first-order chi connectivity index (χ1) is 8.61. The van der Waals surface area contributed by atoms with Gasteiger partial charge in [-0.05, 0) is 31.8 Å². The maximum Gasteiger partial charge on any atom is 0.262 e. The number of nitrogens with one attached hydrogen (secondary N) is 1. The number of hydrogen-bond donors (Lipinski definition) is 1. The summed E-state index contributed by atoms with van der Waals surface area (Å²) >= 11 is 0. The second-order valence-corrected chi connectivity index (χ2v) is 6.93. The number of sulfonamides is 1. The number of imidazole rings is 1. The summed E-state index contributed by atoms with van der Waals surface area (Å²) in [7, 11) is -3.40. The summed E-state index contributed by atoms with van der Waals surface area (Å²) in [6, 6.07) is 0. The molecule has 0 aliphatic carbocycles. The van der Waals surface area contributed by atoms with Crippen molar-refractivity contribution < 1.29 is 8.42 Å². The molecule has 2 fully saturated rings. The first-order valence-corrected chi connectivity index (χ1v) is 7.78. The lowest BCUT2D eigenvalue weighted by Gasteiger charge is -2.15. The van der Waals surface area contributed by atoms with Gasteiger partial charge in [0.15, 0.2) is 5.03 Å². The van der Waals surface area contributed by atoms with Crippen molar-refractivity contribution in [1.29, 1.82) is 0 Å². The summed E-state index contributed by atoms with van der Waals surface area (Å²) in [5, 5.41) is 3.49. The van der Waals surface area contributed by atoms with E-state index in [0.717, 1.165) is 19.6 Å². The highest BCUT2D eigenvalue weighted by atomic mass is 32.2. The van der Waals surface area contributed by atoms with E-state index in [9.17, 15) is 8.42 Å². The third-order valence-corrected chi connectivity index (χ3v) is 5.65. The van der Waals surface area contributed by atoms with Crippen LogP contribution in [0.5, 0.6) is 0 Å². The van der Waals surface area contributed by atoms with Crippen LogP contribution in [0.4, 0.5) is 0 Å². The molecule has 0 bridgehead atoms. The summed E-state index contributed by atoms with van der Waals surface area (Å²) < 4.78 is 28.2. The van der Waals surface area contributed by atoms with Gasteiger partial charge in [0.1, 0.15) is 0 Å². The molecule has 0 aromatic carbocycles. The second-order valence-electron chi connectivity index (χ2n) is 5.04. The molecule has 18 heavy (non-hydrogen) atoms. The van der Waals surface area contributed by atoms with Crippen LogP contribution in [0.15, 0.2) is 17.6 Å². The smallest absolute Gasteiger partial charge is 0.262 e. The fourth-order valence-corrected chi connectivity index (χ4v) is 4.28. The van der Waals surface area contributed by atoms with Gasteiger partial charge in [0.05, 0.1) is 6.33 Å². The molecule has 3 heterocycles. The molecule has 3 rings (SSSR count). The predicted molar refractivity (Wildman–Crippen MR) is 66.5 cm³/mol. The molecule has 1 N–H and O–H groups in total. The topological polar surface area (TPSA) is 67.2 Å². The Hall–Kier alpha value is -0.920. The van der Waals surface area contributed by atoms with E-state index in [2.05, 4.69) is 10.3 Å². The molecule has 2 unspecified atom stereocenters. The molecule has 1 aromatic heterocycles. The summed E-state index contributed by atoms with van der Waals surface area (Å²) in [6.45, 7) is 5.81. The first kappa shape index (κ1) is 12.1. The molecule has 6 nitrogen and oxygen atoms in total. The Balaban J connectivity index is 1.82. The lowest BCUT2D eigenvalue weighted by Crippen LogP contribution is -2.32. The lowest BCUT2D eigenvalue weighted by molar-refractivity contribution is 0.446. The zero-order chi connectivity index (χ0) is 12.8. The van der Waals surface area contributed by atoms with Crippen molar-refractivity contribution in [3.63, 3.8) is 0 Å². The van der Waals surface area contributed by atoms with Crippen LogP contribution >= 0.6 is 0 Å². The average Bonchev–Trinajstić information content (AvgIpc) is 3.03. The van der Waals surface area contributed by atoms with E-state index in [4.69, 9.17) is 0 Å². The van der Waals surface area contributed by atoms with Crippen molar-refractivity contribution in [3.8, 4) is 0 Å². The van der Waals surface area contributed by atoms with Crippen molar-refractivity contribution in [3.05, 3.63) is 12.5 Å². The van der Waals surface area contributed by atoms with Crippen LogP contribution in [0.2, 0.25) is 0 Å². The van der Waals surface area contributed by atoms with E-state index in [0.29, 0.717) is 24.9 Å². The zero-order valence-corrected chi connectivity index (χ0v) is 11.2. The molecule has 0 saturated carbocycles. The molecule has 2 aliphatic heterocycles. The van der Waals surface area contributed by atoms with Gasteiger partial charge in [-0.3, -0.25) is 0 Å². The zero-order valence-electron chi connectivity index (χ0n) is 10.4. The molecular formula is C11H18N4O2S. The van der Waals surface area contributed by atoms with Gasteiger partial charge < -0.3 is 9.88 Å². The van der Waals surface area contributed by atoms with Crippen molar-refractivity contribution >= 4 is 10.0 Å². The van der Waals surface area contributed by atoms with Crippen LogP contribution in [-0.2, 0) is 16.6 Å². The first-order valence-electron chi connectivity index (χ1n) is 6.34. The highest BCUT2D eigenvalue weighted by molar-refractivity contribution is 7.89. The quantitative estimate of drug-likeness (QED) is 0.822. The Labute approximate surface area is 107 Å². The highest BCUT2D eigenvalue weighted by Gasteiger charge is 2.42. The number of aryl methyl sites for hydroxylation is 1. The molecule has 2 aliphatic rings. The van der Waals surface area contributed by atoms with Crippen LogP contribution in [0, 0.1) is 11.8 Å². The van der Waals surface area contributed by atoms with E-state index in [1.54, 1.807) is 21.4 Å². The van der Waals surface area contributed by atoms with Gasteiger partial charge in [-0.25, -0.2) is 13.4 Å². The largest absolute Gasteiger partial charge is 0.336 e.